The van der Waals surface area contributed by atoms with Crippen molar-refractivity contribution in [2.45, 2.75) is 38.4 Å². The first-order valence-electron chi connectivity index (χ1n) is 13.7. The maximum Gasteiger partial charge on any atom is 0.342 e. The Hall–Kier alpha value is -4.21. The van der Waals surface area contributed by atoms with Crippen molar-refractivity contribution in [3.8, 4) is 23.0 Å². The van der Waals surface area contributed by atoms with Gasteiger partial charge in [-0.2, -0.15) is 9.78 Å². The molecule has 9 heteroatoms. The van der Waals surface area contributed by atoms with Crippen molar-refractivity contribution in [2.24, 2.45) is 0 Å². The Kier molecular flexibility index (Phi) is 7.48. The van der Waals surface area contributed by atoms with Gasteiger partial charge in [0, 0.05) is 50.1 Å². The summed E-state index contributed by atoms with van der Waals surface area (Å²) in [4.78, 5) is 19.0. The molecule has 1 saturated heterocycles. The molecule has 0 saturated carbocycles. The zero-order chi connectivity index (χ0) is 27.5. The van der Waals surface area contributed by atoms with Gasteiger partial charge >= 0.3 is 5.97 Å². The zero-order valence-electron chi connectivity index (χ0n) is 22.5. The molecule has 0 radical (unpaired) electrons. The van der Waals surface area contributed by atoms with Crippen molar-refractivity contribution < 1.29 is 19.4 Å². The van der Waals surface area contributed by atoms with Gasteiger partial charge < -0.3 is 19.9 Å². The van der Waals surface area contributed by atoms with Crippen LogP contribution in [0.5, 0.6) is 5.88 Å². The summed E-state index contributed by atoms with van der Waals surface area (Å²) < 4.78 is 12.3. The number of aromatic carboxylic acids is 1. The minimum absolute atomic E-state index is 0.0156. The number of hydrogen-bond donors (Lipinski definition) is 2. The summed E-state index contributed by atoms with van der Waals surface area (Å²) in [5.41, 5.74) is 6.76. The Labute approximate surface area is 233 Å². The van der Waals surface area contributed by atoms with Crippen LogP contribution in [0.25, 0.3) is 17.1 Å². The molecule has 0 bridgehead atoms. The number of carbonyl (C=O) groups is 1. The zero-order valence-corrected chi connectivity index (χ0v) is 22.5. The lowest BCUT2D eigenvalue weighted by atomic mass is 9.94. The maximum atomic E-state index is 11.5. The van der Waals surface area contributed by atoms with Crippen LogP contribution in [0.15, 0.2) is 66.9 Å². The molecule has 2 aromatic carbocycles. The number of anilines is 1. The molecule has 0 unspecified atom stereocenters. The first kappa shape index (κ1) is 26.0. The average molecular weight is 540 g/mol. The molecule has 0 spiro atoms. The third-order valence-electron chi connectivity index (χ3n) is 7.81. The first-order chi connectivity index (χ1) is 19.6. The predicted molar refractivity (Wildman–Crippen MR) is 152 cm³/mol. The average Bonchev–Trinajstić information content (AvgIpc) is 3.45. The van der Waals surface area contributed by atoms with E-state index in [0.29, 0.717) is 18.4 Å². The molecule has 0 aliphatic carbocycles. The maximum absolute atomic E-state index is 11.5. The van der Waals surface area contributed by atoms with Gasteiger partial charge in [-0.3, -0.25) is 4.90 Å². The topological polar surface area (TPSA) is 102 Å². The molecule has 4 heterocycles. The lowest BCUT2D eigenvalue weighted by molar-refractivity contribution is 0.0290. The largest absolute Gasteiger partial charge is 0.480 e. The molecule has 6 rings (SSSR count). The summed E-state index contributed by atoms with van der Waals surface area (Å²) >= 11 is 0. The standard InChI is InChI=1S/C31H33N5O4/c1-39-30-26(31(37)38)19-33-36(30)29-8-4-7-28(34-29)25-5-2-3-6-27(25)32-18-21-9-10-23-20-35(14-11-22(23)17-21)24-12-15-40-16-13-24/h2-10,17,19,24,32H,11-16,18,20H2,1H3,(H,37,38). The van der Waals surface area contributed by atoms with Crippen LogP contribution in [-0.4, -0.2) is 63.7 Å². The highest BCUT2D eigenvalue weighted by Gasteiger charge is 2.25. The molecular formula is C31H33N5O4. The van der Waals surface area contributed by atoms with E-state index in [-0.39, 0.29) is 11.4 Å². The van der Waals surface area contributed by atoms with Crippen molar-refractivity contribution in [3.05, 3.63) is 89.1 Å². The molecule has 2 aromatic heterocycles. The van der Waals surface area contributed by atoms with E-state index in [2.05, 4.69) is 33.5 Å². The second-order valence-electron chi connectivity index (χ2n) is 10.2. The molecule has 4 aromatic rings. The number of nitrogens with one attached hydrogen (secondary N) is 1. The van der Waals surface area contributed by atoms with Crippen LogP contribution in [0.2, 0.25) is 0 Å². The summed E-state index contributed by atoms with van der Waals surface area (Å²) in [5, 5.41) is 17.3. The normalized spacial score (nSPS) is 15.9. The Morgan fingerprint density at radius 3 is 2.77 bits per heavy atom. The summed E-state index contributed by atoms with van der Waals surface area (Å²) in [6.07, 6.45) is 4.61. The van der Waals surface area contributed by atoms with E-state index in [1.165, 1.54) is 34.7 Å². The molecule has 9 nitrogen and oxygen atoms in total. The molecule has 0 amide bonds. The van der Waals surface area contributed by atoms with E-state index in [1.807, 2.05) is 36.4 Å². The van der Waals surface area contributed by atoms with Gasteiger partial charge in [0.05, 0.1) is 19.0 Å². The smallest absolute Gasteiger partial charge is 0.342 e. The van der Waals surface area contributed by atoms with Gasteiger partial charge in [0.15, 0.2) is 5.82 Å². The SMILES string of the molecule is COc1c(C(=O)O)cnn1-c1cccc(-c2ccccc2NCc2ccc3c(c2)CCN(C2CCOCC2)C3)n1. The summed E-state index contributed by atoms with van der Waals surface area (Å²) in [7, 11) is 1.42. The van der Waals surface area contributed by atoms with Crippen LogP contribution in [0.4, 0.5) is 5.69 Å². The Balaban J connectivity index is 1.19. The van der Waals surface area contributed by atoms with Crippen LogP contribution >= 0.6 is 0 Å². The lowest BCUT2D eigenvalue weighted by Crippen LogP contribution is -2.42. The van der Waals surface area contributed by atoms with Crippen LogP contribution in [-0.2, 0) is 24.2 Å². The fourth-order valence-corrected chi connectivity index (χ4v) is 5.69. The minimum atomic E-state index is -1.10. The van der Waals surface area contributed by atoms with E-state index in [1.54, 1.807) is 6.07 Å². The number of rotatable bonds is 8. The van der Waals surface area contributed by atoms with Gasteiger partial charge in [-0.05, 0) is 54.2 Å². The van der Waals surface area contributed by atoms with Gasteiger partial charge in [0.25, 0.3) is 0 Å². The molecule has 2 aliphatic heterocycles. The summed E-state index contributed by atoms with van der Waals surface area (Å²) in [6, 6.07) is 21.1. The fourth-order valence-electron chi connectivity index (χ4n) is 5.69. The highest BCUT2D eigenvalue weighted by molar-refractivity contribution is 5.90. The Morgan fingerprint density at radius 1 is 1.10 bits per heavy atom. The van der Waals surface area contributed by atoms with Gasteiger partial charge in [-0.25, -0.2) is 9.78 Å². The van der Waals surface area contributed by atoms with Crippen molar-refractivity contribution in [1.29, 1.82) is 0 Å². The predicted octanol–water partition coefficient (Wildman–Crippen LogP) is 4.79. The van der Waals surface area contributed by atoms with Gasteiger partial charge in [-0.15, -0.1) is 0 Å². The van der Waals surface area contributed by atoms with Crippen molar-refractivity contribution in [1.82, 2.24) is 19.7 Å². The molecule has 0 atom stereocenters. The highest BCUT2D eigenvalue weighted by Crippen LogP contribution is 2.30. The number of methoxy groups -OCH3 is 1. The quantitative estimate of drug-likeness (QED) is 0.330. The van der Waals surface area contributed by atoms with Crippen molar-refractivity contribution in [3.63, 3.8) is 0 Å². The van der Waals surface area contributed by atoms with Gasteiger partial charge in [0.1, 0.15) is 5.56 Å². The molecule has 206 valence electrons. The Morgan fingerprint density at radius 2 is 1.95 bits per heavy atom. The van der Waals surface area contributed by atoms with Crippen molar-refractivity contribution >= 4 is 11.7 Å². The molecule has 1 fully saturated rings. The van der Waals surface area contributed by atoms with Crippen LogP contribution in [0, 0.1) is 0 Å². The van der Waals surface area contributed by atoms with Crippen LogP contribution in [0.3, 0.4) is 0 Å². The monoisotopic (exact) mass is 539 g/mol. The minimum Gasteiger partial charge on any atom is -0.480 e. The number of nitrogens with zero attached hydrogens (tertiary/aromatic N) is 4. The van der Waals surface area contributed by atoms with E-state index in [4.69, 9.17) is 14.5 Å². The van der Waals surface area contributed by atoms with E-state index in [9.17, 15) is 9.90 Å². The van der Waals surface area contributed by atoms with Crippen LogP contribution in [0.1, 0.15) is 39.9 Å². The third-order valence-corrected chi connectivity index (χ3v) is 7.81. The third kappa shape index (κ3) is 5.30. The number of hydrogen-bond acceptors (Lipinski definition) is 7. The molecule has 40 heavy (non-hydrogen) atoms. The molecule has 2 aliphatic rings. The van der Waals surface area contributed by atoms with Crippen LogP contribution < -0.4 is 10.1 Å². The number of carboxylic acid groups (broad SMARTS) is 1. The Bertz CT molecular complexity index is 1510. The molecular weight excluding hydrogens is 506 g/mol. The van der Waals surface area contributed by atoms with E-state index >= 15 is 0 Å². The highest BCUT2D eigenvalue weighted by atomic mass is 16.5. The number of carboxylic acids is 1. The second-order valence-corrected chi connectivity index (χ2v) is 10.2. The summed E-state index contributed by atoms with van der Waals surface area (Å²) in [5.74, 6) is -0.499. The second kappa shape index (κ2) is 11.5. The molecule has 2 N–H and O–H groups in total. The number of aromatic nitrogens is 3. The van der Waals surface area contributed by atoms with Crippen molar-refractivity contribution in [2.75, 3.05) is 32.2 Å². The number of para-hydroxylation sites is 1. The van der Waals surface area contributed by atoms with E-state index in [0.717, 1.165) is 62.5 Å². The van der Waals surface area contributed by atoms with Gasteiger partial charge in [-0.1, -0.05) is 42.5 Å². The first-order valence-corrected chi connectivity index (χ1v) is 13.7. The van der Waals surface area contributed by atoms with Gasteiger partial charge in [0.2, 0.25) is 5.88 Å². The van der Waals surface area contributed by atoms with E-state index < -0.39 is 5.97 Å². The lowest BCUT2D eigenvalue weighted by Gasteiger charge is -2.37. The fraction of sp³-hybridized carbons (Fsp3) is 0.323. The number of pyridine rings is 1. The number of fused-ring (bicyclic) bond motifs is 1. The summed E-state index contributed by atoms with van der Waals surface area (Å²) in [6.45, 7) is 4.58. The number of benzene rings is 2. The number of ether oxygens (including phenoxy) is 2.